The molecule has 3 fully saturated rings. The highest BCUT2D eigenvalue weighted by Gasteiger charge is 2.68. The molecule has 0 aromatic heterocycles. The fraction of sp³-hybridized carbons (Fsp3) is 0.857. The zero-order valence-corrected chi connectivity index (χ0v) is 13.5. The average molecular weight is 335 g/mol. The van der Waals surface area contributed by atoms with E-state index in [1.54, 1.807) is 6.92 Å². The molecule has 2 saturated heterocycles. The molecule has 3 rings (SSSR count). The summed E-state index contributed by atoms with van der Waals surface area (Å²) in [5.74, 6) is -0.178. The van der Waals surface area contributed by atoms with Gasteiger partial charge in [-0.05, 0) is 26.2 Å². The Morgan fingerprint density at radius 1 is 1.33 bits per heavy atom. The highest BCUT2D eigenvalue weighted by Crippen LogP contribution is 2.63. The van der Waals surface area contributed by atoms with Gasteiger partial charge in [0.25, 0.3) is 0 Å². The van der Waals surface area contributed by atoms with E-state index in [-0.39, 0.29) is 24.0 Å². The Kier molecular flexibility index (Phi) is 3.87. The van der Waals surface area contributed by atoms with E-state index in [2.05, 4.69) is 10.2 Å². The maximum Gasteiger partial charge on any atom is 0.323 e. The summed E-state index contributed by atoms with van der Waals surface area (Å²) < 4.78 is 4.08. The number of piperidine rings is 1. The molecule has 3 aliphatic rings. The van der Waals surface area contributed by atoms with E-state index in [0.717, 1.165) is 32.4 Å². The average Bonchev–Trinajstić information content (AvgIpc) is 2.76. The molecule has 1 saturated carbocycles. The summed E-state index contributed by atoms with van der Waals surface area (Å²) in [4.78, 5) is 26.0. The van der Waals surface area contributed by atoms with Gasteiger partial charge in [0, 0.05) is 25.6 Å². The van der Waals surface area contributed by atoms with Crippen LogP contribution in [0.25, 0.3) is 0 Å². The van der Waals surface area contributed by atoms with E-state index in [0.29, 0.717) is 13.0 Å². The van der Waals surface area contributed by atoms with E-state index in [1.807, 2.05) is 0 Å². The van der Waals surface area contributed by atoms with Crippen molar-refractivity contribution in [1.82, 2.24) is 10.2 Å². The molecule has 7 heteroatoms. The molecule has 0 aromatic rings. The summed E-state index contributed by atoms with van der Waals surface area (Å²) in [6.45, 7) is 3.92. The van der Waals surface area contributed by atoms with Crippen molar-refractivity contribution in [2.24, 2.45) is 5.41 Å². The first-order chi connectivity index (χ1) is 9.83. The lowest BCUT2D eigenvalue weighted by Gasteiger charge is -2.35. The van der Waals surface area contributed by atoms with Crippen LogP contribution in [0.5, 0.6) is 0 Å². The molecule has 1 aliphatic carbocycles. The van der Waals surface area contributed by atoms with Crippen molar-refractivity contribution < 1.29 is 14.3 Å². The largest absolute Gasteiger partial charge is 0.464 e. The lowest BCUT2D eigenvalue weighted by molar-refractivity contribution is -0.142. The lowest BCUT2D eigenvalue weighted by atomic mass is 10.0. The van der Waals surface area contributed by atoms with Gasteiger partial charge in [0.2, 0.25) is 5.91 Å². The van der Waals surface area contributed by atoms with Gasteiger partial charge in [0.1, 0.15) is 10.4 Å². The molecule has 2 heterocycles. The monoisotopic (exact) mass is 334 g/mol. The van der Waals surface area contributed by atoms with Crippen molar-refractivity contribution in [2.75, 3.05) is 19.7 Å². The molecule has 1 amide bonds. The number of likely N-dealkylation sites (tertiary alicyclic amines) is 1. The smallest absolute Gasteiger partial charge is 0.323 e. The molecular formula is C14H20Cl2N2O3. The zero-order chi connectivity index (χ0) is 15.3. The lowest BCUT2D eigenvalue weighted by Crippen LogP contribution is -2.50. The zero-order valence-electron chi connectivity index (χ0n) is 12.0. The molecule has 2 aliphatic heterocycles. The fourth-order valence-corrected chi connectivity index (χ4v) is 3.87. The minimum absolute atomic E-state index is 0.0637. The van der Waals surface area contributed by atoms with Gasteiger partial charge in [-0.15, -0.1) is 23.2 Å². The molecule has 0 aromatic carbocycles. The minimum Gasteiger partial charge on any atom is -0.464 e. The highest BCUT2D eigenvalue weighted by atomic mass is 35.5. The standard InChI is InChI=1S/C14H20Cl2N2O3/c1-13(8-14(13,15)16)12(20)17-9-2-5-18(6-3-9)10-4-7-21-11(10)19/h9-10H,2-8H2,1H3,(H,17,20)/t10-,13-/m1/s1. The van der Waals surface area contributed by atoms with E-state index in [9.17, 15) is 9.59 Å². The molecule has 0 spiro atoms. The number of carbonyl (C=O) groups excluding carboxylic acids is 2. The van der Waals surface area contributed by atoms with Crippen LogP contribution >= 0.6 is 23.2 Å². The summed E-state index contributed by atoms with van der Waals surface area (Å²) in [5.41, 5.74) is -0.664. The number of carbonyl (C=O) groups is 2. The number of nitrogens with one attached hydrogen (secondary N) is 1. The number of amides is 1. The fourth-order valence-electron chi connectivity index (χ4n) is 3.16. The Balaban J connectivity index is 1.48. The number of halogens is 2. The molecule has 0 unspecified atom stereocenters. The predicted molar refractivity (Wildman–Crippen MR) is 79.3 cm³/mol. The molecule has 21 heavy (non-hydrogen) atoms. The predicted octanol–water partition coefficient (Wildman–Crippen LogP) is 1.47. The van der Waals surface area contributed by atoms with Crippen LogP contribution in [-0.2, 0) is 14.3 Å². The third-order valence-electron chi connectivity index (χ3n) is 4.97. The van der Waals surface area contributed by atoms with Gasteiger partial charge in [-0.2, -0.15) is 0 Å². The third-order valence-corrected chi connectivity index (χ3v) is 6.07. The minimum atomic E-state index is -0.925. The topological polar surface area (TPSA) is 58.6 Å². The number of nitrogens with zero attached hydrogens (tertiary/aromatic N) is 1. The van der Waals surface area contributed by atoms with E-state index in [4.69, 9.17) is 27.9 Å². The Morgan fingerprint density at radius 2 is 1.95 bits per heavy atom. The van der Waals surface area contributed by atoms with Crippen LogP contribution in [0, 0.1) is 5.41 Å². The van der Waals surface area contributed by atoms with E-state index in [1.165, 1.54) is 0 Å². The van der Waals surface area contributed by atoms with Crippen LogP contribution in [0.3, 0.4) is 0 Å². The van der Waals surface area contributed by atoms with Gasteiger partial charge in [0.05, 0.1) is 12.0 Å². The van der Waals surface area contributed by atoms with Crippen LogP contribution in [0.4, 0.5) is 0 Å². The molecular weight excluding hydrogens is 315 g/mol. The first-order valence-corrected chi connectivity index (χ1v) is 8.18. The van der Waals surface area contributed by atoms with Crippen molar-refractivity contribution in [3.8, 4) is 0 Å². The van der Waals surface area contributed by atoms with Crippen LogP contribution in [0.2, 0.25) is 0 Å². The van der Waals surface area contributed by atoms with Crippen molar-refractivity contribution >= 4 is 35.1 Å². The third kappa shape index (κ3) is 2.76. The van der Waals surface area contributed by atoms with Crippen LogP contribution in [0.1, 0.15) is 32.6 Å². The SMILES string of the molecule is C[C@]1(C(=O)NC2CCN([C@@H]3CCOC3=O)CC2)CC1(Cl)Cl. The molecule has 0 bridgehead atoms. The number of hydrogen-bond donors (Lipinski definition) is 1. The number of cyclic esters (lactones) is 1. The normalized spacial score (nSPS) is 36.3. The van der Waals surface area contributed by atoms with Gasteiger partial charge in [0.15, 0.2) is 0 Å². The summed E-state index contributed by atoms with van der Waals surface area (Å²) in [6.07, 6.45) is 2.95. The van der Waals surface area contributed by atoms with Crippen molar-refractivity contribution in [3.05, 3.63) is 0 Å². The summed E-state index contributed by atoms with van der Waals surface area (Å²) in [6, 6.07) is 0.0358. The second-order valence-electron chi connectivity index (χ2n) is 6.47. The molecule has 0 radical (unpaired) electrons. The summed E-state index contributed by atoms with van der Waals surface area (Å²) in [7, 11) is 0. The highest BCUT2D eigenvalue weighted by molar-refractivity contribution is 6.53. The summed E-state index contributed by atoms with van der Waals surface area (Å²) in [5, 5.41) is 3.05. The van der Waals surface area contributed by atoms with Crippen molar-refractivity contribution in [1.29, 1.82) is 0 Å². The number of rotatable bonds is 3. The van der Waals surface area contributed by atoms with Crippen LogP contribution in [-0.4, -0.2) is 52.9 Å². The number of hydrogen-bond acceptors (Lipinski definition) is 4. The van der Waals surface area contributed by atoms with Gasteiger partial charge in [-0.1, -0.05) is 0 Å². The molecule has 1 N–H and O–H groups in total. The molecule has 5 nitrogen and oxygen atoms in total. The number of alkyl halides is 2. The summed E-state index contributed by atoms with van der Waals surface area (Å²) >= 11 is 12.1. The van der Waals surface area contributed by atoms with Gasteiger partial charge >= 0.3 is 5.97 Å². The Bertz CT molecular complexity index is 463. The quantitative estimate of drug-likeness (QED) is 0.627. The van der Waals surface area contributed by atoms with Gasteiger partial charge in [-0.3, -0.25) is 14.5 Å². The van der Waals surface area contributed by atoms with E-state index < -0.39 is 9.75 Å². The second kappa shape index (κ2) is 5.28. The van der Waals surface area contributed by atoms with Crippen molar-refractivity contribution in [2.45, 2.75) is 49.0 Å². The van der Waals surface area contributed by atoms with Gasteiger partial charge < -0.3 is 10.1 Å². The maximum absolute atomic E-state index is 12.2. The molecule has 2 atom stereocenters. The van der Waals surface area contributed by atoms with E-state index >= 15 is 0 Å². The molecule has 118 valence electrons. The Morgan fingerprint density at radius 3 is 2.43 bits per heavy atom. The van der Waals surface area contributed by atoms with Crippen molar-refractivity contribution in [3.63, 3.8) is 0 Å². The van der Waals surface area contributed by atoms with Crippen LogP contribution < -0.4 is 5.32 Å². The second-order valence-corrected chi connectivity index (χ2v) is 7.95. The Hall–Kier alpha value is -0.520. The Labute approximate surface area is 134 Å². The van der Waals surface area contributed by atoms with Crippen LogP contribution in [0.15, 0.2) is 0 Å². The first kappa shape index (κ1) is 15.4. The maximum atomic E-state index is 12.2. The number of esters is 1. The van der Waals surface area contributed by atoms with Gasteiger partial charge in [-0.25, -0.2) is 0 Å². The first-order valence-electron chi connectivity index (χ1n) is 7.43. The number of ether oxygens (including phenoxy) is 1.